The molecule has 1 aliphatic heterocycles. The average Bonchev–Trinajstić information content (AvgIpc) is 2.90. The number of hydrogen-bond donors (Lipinski definition) is 3. The lowest BCUT2D eigenvalue weighted by atomic mass is 10.3. The van der Waals surface area contributed by atoms with E-state index in [-0.39, 0.29) is 18.3 Å². The molecule has 0 fully saturated rings. The van der Waals surface area contributed by atoms with Crippen molar-refractivity contribution in [2.75, 3.05) is 17.0 Å². The third-order valence-electron chi connectivity index (χ3n) is 2.93. The lowest BCUT2D eigenvalue weighted by molar-refractivity contribution is -0.137. The minimum absolute atomic E-state index is 0.0395. The maximum Gasteiger partial charge on any atom is 0.306 e. The van der Waals surface area contributed by atoms with Gasteiger partial charge in [0, 0.05) is 0 Å². The van der Waals surface area contributed by atoms with E-state index in [4.69, 9.17) is 21.4 Å². The number of ether oxygens (including phenoxy) is 1. The summed E-state index contributed by atoms with van der Waals surface area (Å²) in [6.07, 6.45) is 1.54. The van der Waals surface area contributed by atoms with Gasteiger partial charge in [-0.05, 0) is 35.9 Å². The summed E-state index contributed by atoms with van der Waals surface area (Å²) in [5, 5.41) is 10.4. The smallest absolute Gasteiger partial charge is 0.306 e. The van der Waals surface area contributed by atoms with Crippen molar-refractivity contribution in [1.82, 2.24) is 15.5 Å². The van der Waals surface area contributed by atoms with Crippen LogP contribution in [-0.2, 0) is 4.79 Å². The first-order valence-electron chi connectivity index (χ1n) is 6.42. The average molecular weight is 322 g/mol. The minimum atomic E-state index is -0.892. The Kier molecular flexibility index (Phi) is 3.94. The molecule has 0 saturated carbocycles. The Morgan fingerprint density at radius 1 is 1.36 bits per heavy atom. The van der Waals surface area contributed by atoms with Crippen LogP contribution < -0.4 is 20.7 Å². The number of halogens is 1. The molecule has 0 spiro atoms. The predicted octanol–water partition coefficient (Wildman–Crippen LogP) is 1.97. The highest BCUT2D eigenvalue weighted by Gasteiger charge is 2.22. The fourth-order valence-corrected chi connectivity index (χ4v) is 2.04. The number of benzene rings is 1. The van der Waals surface area contributed by atoms with Gasteiger partial charge in [0.25, 0.3) is 0 Å². The number of nitrogens with one attached hydrogen (secondary N) is 2. The van der Waals surface area contributed by atoms with Crippen LogP contribution in [-0.4, -0.2) is 27.7 Å². The third kappa shape index (κ3) is 3.02. The van der Waals surface area contributed by atoms with Crippen molar-refractivity contribution >= 4 is 34.8 Å². The molecule has 2 aromatic rings. The Labute approximate surface area is 130 Å². The van der Waals surface area contributed by atoms with Crippen LogP contribution in [0.1, 0.15) is 6.42 Å². The van der Waals surface area contributed by atoms with Gasteiger partial charge < -0.3 is 9.84 Å². The second-order valence-electron chi connectivity index (χ2n) is 4.43. The van der Waals surface area contributed by atoms with E-state index in [1.807, 2.05) is 12.1 Å². The SMILES string of the molecule is O=C(O)CCOc1ccc(N2NNc3cnc(Cl)nc32)cc1. The molecule has 3 N–H and O–H groups in total. The number of nitrogens with zero attached hydrogens (tertiary/aromatic N) is 3. The number of anilines is 3. The summed E-state index contributed by atoms with van der Waals surface area (Å²) in [4.78, 5) is 18.5. The highest BCUT2D eigenvalue weighted by atomic mass is 35.5. The van der Waals surface area contributed by atoms with E-state index in [1.165, 1.54) is 0 Å². The maximum absolute atomic E-state index is 10.4. The number of rotatable bonds is 5. The third-order valence-corrected chi connectivity index (χ3v) is 3.12. The van der Waals surface area contributed by atoms with Crippen LogP contribution in [0.25, 0.3) is 0 Å². The molecular weight excluding hydrogens is 310 g/mol. The number of fused-ring (bicyclic) bond motifs is 1. The number of carboxylic acid groups (broad SMARTS) is 1. The number of carbonyl (C=O) groups is 1. The largest absolute Gasteiger partial charge is 0.493 e. The Morgan fingerprint density at radius 2 is 2.14 bits per heavy atom. The van der Waals surface area contributed by atoms with E-state index in [0.29, 0.717) is 17.3 Å². The van der Waals surface area contributed by atoms with Gasteiger partial charge in [0.2, 0.25) is 5.28 Å². The number of hydrogen-bond acceptors (Lipinski definition) is 7. The molecule has 0 unspecified atom stereocenters. The first-order chi connectivity index (χ1) is 10.6. The summed E-state index contributed by atoms with van der Waals surface area (Å²) in [6.45, 7) is 0.129. The van der Waals surface area contributed by atoms with Gasteiger partial charge in [-0.3, -0.25) is 10.2 Å². The zero-order chi connectivity index (χ0) is 15.5. The van der Waals surface area contributed by atoms with Crippen molar-refractivity contribution in [2.24, 2.45) is 0 Å². The van der Waals surface area contributed by atoms with Gasteiger partial charge in [0.15, 0.2) is 5.82 Å². The molecule has 0 radical (unpaired) electrons. The van der Waals surface area contributed by atoms with Crippen molar-refractivity contribution in [3.05, 3.63) is 35.7 Å². The van der Waals surface area contributed by atoms with Gasteiger partial charge in [0.1, 0.15) is 11.4 Å². The molecule has 0 amide bonds. The van der Waals surface area contributed by atoms with E-state index in [2.05, 4.69) is 20.9 Å². The molecule has 1 aromatic heterocycles. The number of carboxylic acids is 1. The zero-order valence-corrected chi connectivity index (χ0v) is 12.0. The van der Waals surface area contributed by atoms with Gasteiger partial charge in [-0.25, -0.2) is 9.99 Å². The lowest BCUT2D eigenvalue weighted by Gasteiger charge is -2.17. The van der Waals surface area contributed by atoms with Crippen LogP contribution in [0.3, 0.4) is 0 Å². The zero-order valence-electron chi connectivity index (χ0n) is 11.3. The Hall–Kier alpha value is -2.58. The highest BCUT2D eigenvalue weighted by Crippen LogP contribution is 2.33. The quantitative estimate of drug-likeness (QED) is 0.719. The number of aliphatic carboxylic acids is 1. The molecule has 0 atom stereocenters. The van der Waals surface area contributed by atoms with Crippen LogP contribution >= 0.6 is 11.6 Å². The first-order valence-corrected chi connectivity index (χ1v) is 6.80. The van der Waals surface area contributed by atoms with Crippen molar-refractivity contribution in [3.8, 4) is 5.75 Å². The van der Waals surface area contributed by atoms with Gasteiger partial charge in [-0.1, -0.05) is 0 Å². The van der Waals surface area contributed by atoms with Crippen LogP contribution in [0.4, 0.5) is 17.2 Å². The summed E-state index contributed by atoms with van der Waals surface area (Å²) in [5.41, 5.74) is 7.41. The van der Waals surface area contributed by atoms with Gasteiger partial charge >= 0.3 is 5.97 Å². The van der Waals surface area contributed by atoms with E-state index < -0.39 is 5.97 Å². The summed E-state index contributed by atoms with van der Waals surface area (Å²) in [5.74, 6) is 0.315. The summed E-state index contributed by atoms with van der Waals surface area (Å²) in [6, 6.07) is 7.13. The summed E-state index contributed by atoms with van der Waals surface area (Å²) < 4.78 is 5.34. The first kappa shape index (κ1) is 14.4. The topological polar surface area (TPSA) is 99.6 Å². The monoisotopic (exact) mass is 321 g/mol. The Bertz CT molecular complexity index is 695. The molecule has 114 valence electrons. The van der Waals surface area contributed by atoms with Crippen LogP contribution in [0, 0.1) is 0 Å². The molecule has 8 nitrogen and oxygen atoms in total. The van der Waals surface area contributed by atoms with E-state index >= 15 is 0 Å². The molecule has 3 rings (SSSR count). The fourth-order valence-electron chi connectivity index (χ4n) is 1.91. The van der Waals surface area contributed by atoms with Crippen LogP contribution in [0.2, 0.25) is 5.28 Å². The van der Waals surface area contributed by atoms with Crippen molar-refractivity contribution in [3.63, 3.8) is 0 Å². The minimum Gasteiger partial charge on any atom is -0.493 e. The summed E-state index contributed by atoms with van der Waals surface area (Å²) >= 11 is 5.81. The Balaban J connectivity index is 1.72. The molecule has 1 aliphatic rings. The lowest BCUT2D eigenvalue weighted by Crippen LogP contribution is -2.31. The van der Waals surface area contributed by atoms with Gasteiger partial charge in [-0.2, -0.15) is 4.98 Å². The molecule has 1 aromatic carbocycles. The van der Waals surface area contributed by atoms with Crippen molar-refractivity contribution in [1.29, 1.82) is 0 Å². The predicted molar refractivity (Wildman–Crippen MR) is 80.1 cm³/mol. The van der Waals surface area contributed by atoms with Gasteiger partial charge in [0.05, 0.1) is 24.9 Å². The standard InChI is InChI=1S/C13H12ClN5O3/c14-13-15-7-10-12(16-13)19(18-17-10)8-1-3-9(4-2-8)22-6-5-11(20)21/h1-4,7,17-18H,5-6H2,(H,20,21). The number of hydrazine groups is 2. The molecule has 0 bridgehead atoms. The van der Waals surface area contributed by atoms with E-state index in [1.54, 1.807) is 23.3 Å². The maximum atomic E-state index is 10.4. The van der Waals surface area contributed by atoms with Crippen molar-refractivity contribution in [2.45, 2.75) is 6.42 Å². The number of aromatic nitrogens is 2. The van der Waals surface area contributed by atoms with Crippen LogP contribution in [0.5, 0.6) is 5.75 Å². The highest BCUT2D eigenvalue weighted by molar-refractivity contribution is 6.28. The second kappa shape index (κ2) is 6.04. The molecule has 0 saturated heterocycles. The van der Waals surface area contributed by atoms with Crippen molar-refractivity contribution < 1.29 is 14.6 Å². The molecule has 0 aliphatic carbocycles. The Morgan fingerprint density at radius 3 is 2.86 bits per heavy atom. The molecular formula is C13H12ClN5O3. The molecule has 9 heteroatoms. The molecule has 2 heterocycles. The fraction of sp³-hybridized carbons (Fsp3) is 0.154. The van der Waals surface area contributed by atoms with E-state index in [9.17, 15) is 4.79 Å². The summed E-state index contributed by atoms with van der Waals surface area (Å²) in [7, 11) is 0. The van der Waals surface area contributed by atoms with Gasteiger partial charge in [-0.15, -0.1) is 5.53 Å². The van der Waals surface area contributed by atoms with E-state index in [0.717, 1.165) is 5.69 Å². The van der Waals surface area contributed by atoms with Crippen LogP contribution in [0.15, 0.2) is 30.5 Å². The second-order valence-corrected chi connectivity index (χ2v) is 4.77. The molecule has 22 heavy (non-hydrogen) atoms. The normalized spacial score (nSPS) is 12.7.